The Hall–Kier alpha value is -1.66. The minimum absolute atomic E-state index is 0.261. The molecule has 24 heavy (non-hydrogen) atoms. The molecule has 0 N–H and O–H groups in total. The second-order valence-electron chi connectivity index (χ2n) is 6.58. The summed E-state index contributed by atoms with van der Waals surface area (Å²) < 4.78 is 33.6. The zero-order valence-electron chi connectivity index (χ0n) is 14.7. The lowest BCUT2D eigenvalue weighted by molar-refractivity contribution is 0.296. The number of rotatable bonds is 4. The number of aromatic nitrogens is 1. The molecule has 1 aliphatic rings. The average Bonchev–Trinajstić information content (AvgIpc) is 3.14. The Morgan fingerprint density at radius 2 is 1.88 bits per heavy atom. The Bertz CT molecular complexity index is 832. The Balaban J connectivity index is 2.03. The summed E-state index contributed by atoms with van der Waals surface area (Å²) in [6.45, 7) is 8.23. The molecule has 0 saturated carbocycles. The SMILES string of the molecule is CCc1cc([C@@H]2CCCN2S(=O)(=O)c2c(C)cc(C)cc2C)on1. The first-order valence-electron chi connectivity index (χ1n) is 8.39. The van der Waals surface area contributed by atoms with Gasteiger partial charge >= 0.3 is 0 Å². The third-order valence-electron chi connectivity index (χ3n) is 4.64. The van der Waals surface area contributed by atoms with E-state index in [1.165, 1.54) is 0 Å². The molecule has 0 aliphatic carbocycles. The molecule has 0 bridgehead atoms. The maximum absolute atomic E-state index is 13.3. The third kappa shape index (κ3) is 2.89. The molecular weight excluding hydrogens is 324 g/mol. The molecule has 0 unspecified atom stereocenters. The number of nitrogens with zero attached hydrogens (tertiary/aromatic N) is 2. The van der Waals surface area contributed by atoms with Crippen LogP contribution < -0.4 is 0 Å². The lowest BCUT2D eigenvalue weighted by atomic mass is 10.1. The minimum Gasteiger partial charge on any atom is -0.359 e. The van der Waals surface area contributed by atoms with Crippen LogP contribution in [0.5, 0.6) is 0 Å². The summed E-state index contributed by atoms with van der Waals surface area (Å²) in [4.78, 5) is 0.426. The smallest absolute Gasteiger partial charge is 0.244 e. The van der Waals surface area contributed by atoms with Crippen molar-refractivity contribution in [1.29, 1.82) is 0 Å². The van der Waals surface area contributed by atoms with Crippen molar-refractivity contribution in [2.75, 3.05) is 6.54 Å². The van der Waals surface area contributed by atoms with E-state index in [1.54, 1.807) is 4.31 Å². The topological polar surface area (TPSA) is 63.4 Å². The molecule has 130 valence electrons. The van der Waals surface area contributed by atoms with Crippen molar-refractivity contribution in [2.45, 2.75) is 57.9 Å². The summed E-state index contributed by atoms with van der Waals surface area (Å²) in [6, 6.07) is 5.47. The summed E-state index contributed by atoms with van der Waals surface area (Å²) in [5.74, 6) is 0.648. The highest BCUT2D eigenvalue weighted by atomic mass is 32.2. The number of aryl methyl sites for hydroxylation is 4. The van der Waals surface area contributed by atoms with E-state index in [0.717, 1.165) is 41.6 Å². The molecule has 0 radical (unpaired) electrons. The van der Waals surface area contributed by atoms with Gasteiger partial charge in [-0.1, -0.05) is 29.8 Å². The molecule has 3 rings (SSSR count). The number of sulfonamides is 1. The van der Waals surface area contributed by atoms with Gasteiger partial charge in [-0.25, -0.2) is 8.42 Å². The molecule has 1 atom stereocenters. The normalized spacial score (nSPS) is 19.1. The van der Waals surface area contributed by atoms with Gasteiger partial charge < -0.3 is 4.52 Å². The summed E-state index contributed by atoms with van der Waals surface area (Å²) in [6.07, 6.45) is 2.37. The average molecular weight is 348 g/mol. The molecule has 2 heterocycles. The van der Waals surface area contributed by atoms with Crippen molar-refractivity contribution in [3.63, 3.8) is 0 Å². The molecule has 6 heteroatoms. The fourth-order valence-electron chi connectivity index (χ4n) is 3.65. The lowest BCUT2D eigenvalue weighted by Crippen LogP contribution is -2.31. The van der Waals surface area contributed by atoms with Crippen molar-refractivity contribution in [2.24, 2.45) is 0 Å². The van der Waals surface area contributed by atoms with E-state index in [1.807, 2.05) is 45.9 Å². The van der Waals surface area contributed by atoms with Crippen LogP contribution in [0, 0.1) is 20.8 Å². The molecular formula is C18H24N2O3S. The molecule has 0 spiro atoms. The van der Waals surface area contributed by atoms with Crippen LogP contribution in [0.15, 0.2) is 27.6 Å². The fourth-order valence-corrected chi connectivity index (χ4v) is 5.73. The zero-order valence-corrected chi connectivity index (χ0v) is 15.5. The summed E-state index contributed by atoms with van der Waals surface area (Å²) in [7, 11) is -3.57. The van der Waals surface area contributed by atoms with Gasteiger partial charge in [-0.3, -0.25) is 0 Å². The van der Waals surface area contributed by atoms with Gasteiger partial charge in [-0.2, -0.15) is 4.31 Å². The first-order chi connectivity index (χ1) is 11.3. The maximum atomic E-state index is 13.3. The van der Waals surface area contributed by atoms with E-state index >= 15 is 0 Å². The van der Waals surface area contributed by atoms with E-state index < -0.39 is 10.0 Å². The van der Waals surface area contributed by atoms with Gasteiger partial charge in [0, 0.05) is 12.6 Å². The van der Waals surface area contributed by atoms with E-state index in [4.69, 9.17) is 4.52 Å². The highest BCUT2D eigenvalue weighted by Crippen LogP contribution is 2.38. The largest absolute Gasteiger partial charge is 0.359 e. The lowest BCUT2D eigenvalue weighted by Gasteiger charge is -2.24. The minimum atomic E-state index is -3.57. The summed E-state index contributed by atoms with van der Waals surface area (Å²) in [5, 5.41) is 4.02. The third-order valence-corrected chi connectivity index (χ3v) is 6.86. The Morgan fingerprint density at radius 3 is 2.46 bits per heavy atom. The molecule has 0 amide bonds. The van der Waals surface area contributed by atoms with E-state index in [0.29, 0.717) is 17.2 Å². The fraction of sp³-hybridized carbons (Fsp3) is 0.500. The van der Waals surface area contributed by atoms with Gasteiger partial charge in [0.1, 0.15) is 0 Å². The Kier molecular flexibility index (Phi) is 4.53. The molecule has 1 aromatic heterocycles. The van der Waals surface area contributed by atoms with Crippen LogP contribution in [0.25, 0.3) is 0 Å². The van der Waals surface area contributed by atoms with Gasteiger partial charge in [0.25, 0.3) is 0 Å². The highest BCUT2D eigenvalue weighted by molar-refractivity contribution is 7.89. The molecule has 1 fully saturated rings. The molecule has 2 aromatic rings. The number of hydrogen-bond donors (Lipinski definition) is 0. The van der Waals surface area contributed by atoms with Crippen molar-refractivity contribution >= 4 is 10.0 Å². The summed E-state index contributed by atoms with van der Waals surface area (Å²) >= 11 is 0. The predicted molar refractivity (Wildman–Crippen MR) is 92.4 cm³/mol. The highest BCUT2D eigenvalue weighted by Gasteiger charge is 2.39. The quantitative estimate of drug-likeness (QED) is 0.845. The second-order valence-corrected chi connectivity index (χ2v) is 8.40. The first kappa shape index (κ1) is 17.2. The van der Waals surface area contributed by atoms with Crippen LogP contribution in [0.3, 0.4) is 0 Å². The number of hydrogen-bond acceptors (Lipinski definition) is 4. The number of benzene rings is 1. The van der Waals surface area contributed by atoms with Gasteiger partial charge in [0.2, 0.25) is 10.0 Å². The standard InChI is InChI=1S/C18H24N2O3S/c1-5-15-11-17(23-19-15)16-7-6-8-20(16)24(21,22)18-13(3)9-12(2)10-14(18)4/h9-11,16H,5-8H2,1-4H3/t16-/m0/s1. The van der Waals surface area contributed by atoms with Crippen molar-refractivity contribution in [1.82, 2.24) is 9.46 Å². The van der Waals surface area contributed by atoms with E-state index in [-0.39, 0.29) is 6.04 Å². The van der Waals surface area contributed by atoms with Gasteiger partial charge in [0.05, 0.1) is 16.6 Å². The van der Waals surface area contributed by atoms with E-state index in [9.17, 15) is 8.42 Å². The van der Waals surface area contributed by atoms with Crippen molar-refractivity contribution in [3.05, 3.63) is 46.3 Å². The molecule has 1 aromatic carbocycles. The van der Waals surface area contributed by atoms with Crippen molar-refractivity contribution < 1.29 is 12.9 Å². The van der Waals surface area contributed by atoms with Crippen LogP contribution in [0.2, 0.25) is 0 Å². The van der Waals surface area contributed by atoms with Crippen molar-refractivity contribution in [3.8, 4) is 0 Å². The first-order valence-corrected chi connectivity index (χ1v) is 9.83. The molecule has 1 saturated heterocycles. The van der Waals surface area contributed by atoms with Gasteiger partial charge in [0.15, 0.2) is 5.76 Å². The second kappa shape index (κ2) is 6.33. The van der Waals surface area contributed by atoms with Crippen LogP contribution in [-0.2, 0) is 16.4 Å². The van der Waals surface area contributed by atoms with Gasteiger partial charge in [-0.15, -0.1) is 0 Å². The van der Waals surface area contributed by atoms with Crippen LogP contribution in [0.1, 0.15) is 54.0 Å². The van der Waals surface area contributed by atoms with Crippen LogP contribution in [-0.4, -0.2) is 24.4 Å². The Morgan fingerprint density at radius 1 is 1.21 bits per heavy atom. The monoisotopic (exact) mass is 348 g/mol. The maximum Gasteiger partial charge on any atom is 0.244 e. The summed E-state index contributed by atoms with van der Waals surface area (Å²) in [5.41, 5.74) is 3.52. The predicted octanol–water partition coefficient (Wildman–Crippen LogP) is 3.69. The van der Waals surface area contributed by atoms with Gasteiger partial charge in [-0.05, 0) is 51.2 Å². The zero-order chi connectivity index (χ0) is 17.5. The molecule has 1 aliphatic heterocycles. The molecule has 5 nitrogen and oxygen atoms in total. The Labute approximate surface area is 143 Å². The van der Waals surface area contributed by atoms with Crippen LogP contribution >= 0.6 is 0 Å². The van der Waals surface area contributed by atoms with Crippen LogP contribution in [0.4, 0.5) is 0 Å². The van der Waals surface area contributed by atoms with E-state index in [2.05, 4.69) is 5.16 Å².